The average Bonchev–Trinajstić information content (AvgIpc) is 2.35. The van der Waals surface area contributed by atoms with E-state index in [1.54, 1.807) is 4.90 Å². The number of amides is 1. The molecule has 0 aromatic heterocycles. The van der Waals surface area contributed by atoms with Crippen LogP contribution in [0.5, 0.6) is 0 Å². The standard InChI is InChI=1S/C14H22N2O/c1-11(2)9-10-16(3)14(17)13(15)12-7-5-4-6-8-12/h4-8,11,13H,9-10,15H2,1-3H3. The third-order valence-corrected chi connectivity index (χ3v) is 2.84. The summed E-state index contributed by atoms with van der Waals surface area (Å²) in [6, 6.07) is 8.95. The van der Waals surface area contributed by atoms with Crippen LogP contribution < -0.4 is 5.73 Å². The molecule has 1 amide bonds. The van der Waals surface area contributed by atoms with Crippen LogP contribution in [0.2, 0.25) is 0 Å². The molecule has 17 heavy (non-hydrogen) atoms. The largest absolute Gasteiger partial charge is 0.344 e. The van der Waals surface area contributed by atoms with Crippen LogP contribution >= 0.6 is 0 Å². The number of rotatable bonds is 5. The van der Waals surface area contributed by atoms with Gasteiger partial charge in [-0.25, -0.2) is 0 Å². The summed E-state index contributed by atoms with van der Waals surface area (Å²) in [6.07, 6.45) is 1.00. The van der Waals surface area contributed by atoms with Crippen molar-refractivity contribution >= 4 is 5.91 Å². The fourth-order valence-electron chi connectivity index (χ4n) is 1.60. The molecule has 3 heteroatoms. The molecular formula is C14H22N2O. The van der Waals surface area contributed by atoms with E-state index in [0.717, 1.165) is 18.5 Å². The van der Waals surface area contributed by atoms with Crippen LogP contribution in [-0.2, 0) is 4.79 Å². The minimum absolute atomic E-state index is 0.0168. The van der Waals surface area contributed by atoms with Crippen molar-refractivity contribution in [2.75, 3.05) is 13.6 Å². The second-order valence-corrected chi connectivity index (χ2v) is 4.83. The summed E-state index contributed by atoms with van der Waals surface area (Å²) >= 11 is 0. The van der Waals surface area contributed by atoms with Gasteiger partial charge in [0.25, 0.3) is 0 Å². The van der Waals surface area contributed by atoms with Gasteiger partial charge in [-0.05, 0) is 17.9 Å². The summed E-state index contributed by atoms with van der Waals surface area (Å²) < 4.78 is 0. The van der Waals surface area contributed by atoms with E-state index in [9.17, 15) is 4.79 Å². The second-order valence-electron chi connectivity index (χ2n) is 4.83. The van der Waals surface area contributed by atoms with E-state index in [-0.39, 0.29) is 5.91 Å². The van der Waals surface area contributed by atoms with E-state index in [1.807, 2.05) is 37.4 Å². The Kier molecular flexibility index (Phi) is 5.16. The minimum Gasteiger partial charge on any atom is -0.344 e. The van der Waals surface area contributed by atoms with Crippen molar-refractivity contribution < 1.29 is 4.79 Å². The first-order chi connectivity index (χ1) is 8.02. The summed E-state index contributed by atoms with van der Waals surface area (Å²) in [4.78, 5) is 13.8. The molecule has 1 rings (SSSR count). The number of nitrogens with two attached hydrogens (primary N) is 1. The molecule has 0 radical (unpaired) electrons. The Morgan fingerprint density at radius 3 is 2.41 bits per heavy atom. The Hall–Kier alpha value is -1.35. The minimum atomic E-state index is -0.548. The van der Waals surface area contributed by atoms with E-state index in [2.05, 4.69) is 13.8 Å². The molecule has 0 saturated carbocycles. The molecular weight excluding hydrogens is 212 g/mol. The molecule has 1 unspecified atom stereocenters. The van der Waals surface area contributed by atoms with Gasteiger partial charge in [-0.2, -0.15) is 0 Å². The van der Waals surface area contributed by atoms with Crippen LogP contribution in [0.3, 0.4) is 0 Å². The number of nitrogens with zero attached hydrogens (tertiary/aromatic N) is 1. The van der Waals surface area contributed by atoms with Crippen molar-refractivity contribution in [3.8, 4) is 0 Å². The summed E-state index contributed by atoms with van der Waals surface area (Å²) in [5.41, 5.74) is 6.82. The summed E-state index contributed by atoms with van der Waals surface area (Å²) in [5, 5.41) is 0. The number of carbonyl (C=O) groups is 1. The lowest BCUT2D eigenvalue weighted by Gasteiger charge is -2.22. The molecule has 0 bridgehead atoms. The van der Waals surface area contributed by atoms with Gasteiger partial charge in [0.2, 0.25) is 5.91 Å². The fourth-order valence-corrected chi connectivity index (χ4v) is 1.60. The third-order valence-electron chi connectivity index (χ3n) is 2.84. The van der Waals surface area contributed by atoms with Gasteiger partial charge in [0.05, 0.1) is 0 Å². The van der Waals surface area contributed by atoms with Crippen LogP contribution in [0, 0.1) is 5.92 Å². The van der Waals surface area contributed by atoms with Gasteiger partial charge in [0.1, 0.15) is 6.04 Å². The third kappa shape index (κ3) is 4.19. The molecule has 0 aliphatic rings. The molecule has 0 spiro atoms. The highest BCUT2D eigenvalue weighted by molar-refractivity contribution is 5.82. The second kappa shape index (κ2) is 6.40. The summed E-state index contributed by atoms with van der Waals surface area (Å²) in [5.74, 6) is 0.579. The van der Waals surface area contributed by atoms with Crippen molar-refractivity contribution in [2.24, 2.45) is 11.7 Å². The molecule has 0 aliphatic carbocycles. The van der Waals surface area contributed by atoms with Crippen molar-refractivity contribution in [2.45, 2.75) is 26.3 Å². The van der Waals surface area contributed by atoms with Gasteiger partial charge in [-0.3, -0.25) is 4.79 Å². The number of hydrogen-bond acceptors (Lipinski definition) is 2. The maximum Gasteiger partial charge on any atom is 0.243 e. The predicted molar refractivity (Wildman–Crippen MR) is 70.5 cm³/mol. The quantitative estimate of drug-likeness (QED) is 0.849. The Labute approximate surface area is 104 Å². The lowest BCUT2D eigenvalue weighted by Crippen LogP contribution is -2.36. The van der Waals surface area contributed by atoms with Crippen molar-refractivity contribution in [1.82, 2.24) is 4.90 Å². The Balaban J connectivity index is 2.57. The summed E-state index contributed by atoms with van der Waals surface area (Å²) in [7, 11) is 1.81. The first-order valence-corrected chi connectivity index (χ1v) is 6.08. The van der Waals surface area contributed by atoms with Gasteiger partial charge >= 0.3 is 0 Å². The zero-order valence-electron chi connectivity index (χ0n) is 10.9. The van der Waals surface area contributed by atoms with Crippen molar-refractivity contribution in [1.29, 1.82) is 0 Å². The molecule has 1 atom stereocenters. The van der Waals surface area contributed by atoms with Gasteiger partial charge < -0.3 is 10.6 Å². The molecule has 3 nitrogen and oxygen atoms in total. The number of carbonyl (C=O) groups excluding carboxylic acids is 1. The van der Waals surface area contributed by atoms with E-state index < -0.39 is 6.04 Å². The van der Waals surface area contributed by atoms with Crippen LogP contribution in [0.4, 0.5) is 0 Å². The predicted octanol–water partition coefficient (Wildman–Crippen LogP) is 2.19. The van der Waals surface area contributed by atoms with Crippen LogP contribution in [-0.4, -0.2) is 24.4 Å². The number of likely N-dealkylation sites (N-methyl/N-ethyl adjacent to an activating group) is 1. The Morgan fingerprint density at radius 2 is 1.88 bits per heavy atom. The molecule has 1 aromatic rings. The normalized spacial score (nSPS) is 12.5. The maximum atomic E-state index is 12.1. The molecule has 0 heterocycles. The van der Waals surface area contributed by atoms with Crippen molar-refractivity contribution in [3.63, 3.8) is 0 Å². The van der Waals surface area contributed by atoms with Gasteiger partial charge in [-0.15, -0.1) is 0 Å². The average molecular weight is 234 g/mol. The molecule has 0 aliphatic heterocycles. The Morgan fingerprint density at radius 1 is 1.29 bits per heavy atom. The number of hydrogen-bond donors (Lipinski definition) is 1. The lowest BCUT2D eigenvalue weighted by molar-refractivity contribution is -0.131. The first kappa shape index (κ1) is 13.7. The van der Waals surface area contributed by atoms with Crippen molar-refractivity contribution in [3.05, 3.63) is 35.9 Å². The number of benzene rings is 1. The lowest BCUT2D eigenvalue weighted by atomic mass is 10.1. The zero-order valence-corrected chi connectivity index (χ0v) is 10.9. The van der Waals surface area contributed by atoms with Crippen LogP contribution in [0.25, 0.3) is 0 Å². The zero-order chi connectivity index (χ0) is 12.8. The van der Waals surface area contributed by atoms with E-state index in [0.29, 0.717) is 5.92 Å². The molecule has 1 aromatic carbocycles. The molecule has 94 valence electrons. The topological polar surface area (TPSA) is 46.3 Å². The van der Waals surface area contributed by atoms with E-state index in [4.69, 9.17) is 5.73 Å². The van der Waals surface area contributed by atoms with Gasteiger partial charge in [0, 0.05) is 13.6 Å². The van der Waals surface area contributed by atoms with Crippen LogP contribution in [0.15, 0.2) is 30.3 Å². The molecule has 0 fully saturated rings. The van der Waals surface area contributed by atoms with Gasteiger partial charge in [0.15, 0.2) is 0 Å². The van der Waals surface area contributed by atoms with E-state index >= 15 is 0 Å². The highest BCUT2D eigenvalue weighted by atomic mass is 16.2. The molecule has 2 N–H and O–H groups in total. The maximum absolute atomic E-state index is 12.1. The SMILES string of the molecule is CC(C)CCN(C)C(=O)C(N)c1ccccc1. The monoisotopic (exact) mass is 234 g/mol. The Bertz CT molecular complexity index is 348. The first-order valence-electron chi connectivity index (χ1n) is 6.08. The van der Waals surface area contributed by atoms with Gasteiger partial charge in [-0.1, -0.05) is 44.2 Å². The highest BCUT2D eigenvalue weighted by Gasteiger charge is 2.19. The smallest absolute Gasteiger partial charge is 0.243 e. The van der Waals surface area contributed by atoms with Crippen LogP contribution in [0.1, 0.15) is 31.9 Å². The highest BCUT2D eigenvalue weighted by Crippen LogP contribution is 2.12. The molecule has 0 saturated heterocycles. The summed E-state index contributed by atoms with van der Waals surface area (Å²) in [6.45, 7) is 5.06. The fraction of sp³-hybridized carbons (Fsp3) is 0.500. The van der Waals surface area contributed by atoms with E-state index in [1.165, 1.54) is 0 Å².